The highest BCUT2D eigenvalue weighted by molar-refractivity contribution is 4.66. The highest BCUT2D eigenvalue weighted by Gasteiger charge is 2.15. The third kappa shape index (κ3) is 4.12. The molecule has 0 spiro atoms. The van der Waals surface area contributed by atoms with E-state index in [1.807, 2.05) is 0 Å². The second kappa shape index (κ2) is 5.64. The van der Waals surface area contributed by atoms with Crippen LogP contribution in [0.4, 0.5) is 0 Å². The van der Waals surface area contributed by atoms with Gasteiger partial charge in [0.15, 0.2) is 0 Å². The Balaban J connectivity index is 2.10. The van der Waals surface area contributed by atoms with Gasteiger partial charge < -0.3 is 4.74 Å². The zero-order chi connectivity index (χ0) is 9.68. The number of rotatable bonds is 4. The number of ether oxygens (including phenoxy) is 1. The van der Waals surface area contributed by atoms with Crippen molar-refractivity contribution < 1.29 is 4.74 Å². The van der Waals surface area contributed by atoms with Crippen LogP contribution in [0, 0.1) is 11.8 Å². The topological polar surface area (TPSA) is 9.23 Å². The van der Waals surface area contributed by atoms with E-state index in [-0.39, 0.29) is 0 Å². The Labute approximate surface area is 82.9 Å². The summed E-state index contributed by atoms with van der Waals surface area (Å²) in [5.74, 6) is 1.51. The van der Waals surface area contributed by atoms with Crippen LogP contribution in [-0.4, -0.2) is 12.7 Å². The molecule has 0 aromatic rings. The van der Waals surface area contributed by atoms with Crippen molar-refractivity contribution in [3.05, 3.63) is 0 Å². The molecule has 0 bridgehead atoms. The minimum atomic E-state index is 0.432. The van der Waals surface area contributed by atoms with Crippen molar-refractivity contribution in [1.29, 1.82) is 0 Å². The quantitative estimate of drug-likeness (QED) is 0.648. The molecular formula is C12H24O. The van der Waals surface area contributed by atoms with Crippen molar-refractivity contribution in [1.82, 2.24) is 0 Å². The first kappa shape index (κ1) is 11.0. The van der Waals surface area contributed by atoms with E-state index >= 15 is 0 Å². The van der Waals surface area contributed by atoms with Gasteiger partial charge in [0.2, 0.25) is 0 Å². The van der Waals surface area contributed by atoms with Crippen LogP contribution in [-0.2, 0) is 4.74 Å². The average Bonchev–Trinajstić information content (AvgIpc) is 2.15. The molecule has 0 radical (unpaired) electrons. The summed E-state index contributed by atoms with van der Waals surface area (Å²) < 4.78 is 5.84. The molecule has 78 valence electrons. The lowest BCUT2D eigenvalue weighted by molar-refractivity contribution is 0.00661. The molecule has 1 aliphatic carbocycles. The van der Waals surface area contributed by atoms with Crippen molar-refractivity contribution in [2.75, 3.05) is 6.61 Å². The molecule has 1 nitrogen and oxygen atoms in total. The van der Waals surface area contributed by atoms with Crippen LogP contribution in [0.5, 0.6) is 0 Å². The van der Waals surface area contributed by atoms with E-state index < -0.39 is 0 Å². The zero-order valence-corrected chi connectivity index (χ0v) is 9.38. The lowest BCUT2D eigenvalue weighted by atomic mass is 9.90. The van der Waals surface area contributed by atoms with Crippen molar-refractivity contribution in [2.45, 2.75) is 59.0 Å². The molecule has 0 saturated heterocycles. The minimum Gasteiger partial charge on any atom is -0.378 e. The Morgan fingerprint density at radius 2 is 1.69 bits per heavy atom. The van der Waals surface area contributed by atoms with Gasteiger partial charge in [0.1, 0.15) is 0 Å². The van der Waals surface area contributed by atoms with E-state index in [4.69, 9.17) is 4.74 Å². The monoisotopic (exact) mass is 184 g/mol. The third-order valence-electron chi connectivity index (χ3n) is 3.26. The summed E-state index contributed by atoms with van der Waals surface area (Å²) in [6.45, 7) is 7.64. The molecule has 1 aliphatic rings. The summed E-state index contributed by atoms with van der Waals surface area (Å²) in [5, 5.41) is 0. The summed E-state index contributed by atoms with van der Waals surface area (Å²) in [7, 11) is 0. The maximum atomic E-state index is 5.84. The molecule has 1 rings (SSSR count). The molecule has 0 amide bonds. The largest absolute Gasteiger partial charge is 0.378 e. The van der Waals surface area contributed by atoms with Crippen molar-refractivity contribution in [2.24, 2.45) is 11.8 Å². The molecule has 0 heterocycles. The second-order valence-electron chi connectivity index (χ2n) is 4.79. The average molecular weight is 184 g/mol. The van der Waals surface area contributed by atoms with Gasteiger partial charge in [-0.25, -0.2) is 0 Å². The first-order chi connectivity index (χ1) is 6.20. The summed E-state index contributed by atoms with van der Waals surface area (Å²) in [4.78, 5) is 0. The molecule has 1 heteroatoms. The lowest BCUT2D eigenvalue weighted by Crippen LogP contribution is -2.21. The van der Waals surface area contributed by atoms with Gasteiger partial charge in [-0.1, -0.05) is 33.1 Å². The molecule has 1 atom stereocenters. The van der Waals surface area contributed by atoms with Gasteiger partial charge in [-0.2, -0.15) is 0 Å². The Morgan fingerprint density at radius 1 is 1.08 bits per heavy atom. The van der Waals surface area contributed by atoms with E-state index in [1.54, 1.807) is 0 Å². The summed E-state index contributed by atoms with van der Waals surface area (Å²) >= 11 is 0. The summed E-state index contributed by atoms with van der Waals surface area (Å²) in [6.07, 6.45) is 7.50. The molecule has 0 aromatic carbocycles. The molecular weight excluding hydrogens is 160 g/mol. The lowest BCUT2D eigenvalue weighted by Gasteiger charge is -2.24. The third-order valence-corrected chi connectivity index (χ3v) is 3.26. The Morgan fingerprint density at radius 3 is 2.23 bits per heavy atom. The highest BCUT2D eigenvalue weighted by atomic mass is 16.5. The van der Waals surface area contributed by atoms with E-state index in [0.29, 0.717) is 12.0 Å². The van der Waals surface area contributed by atoms with Gasteiger partial charge >= 0.3 is 0 Å². The molecule has 0 N–H and O–H groups in total. The van der Waals surface area contributed by atoms with Crippen molar-refractivity contribution >= 4 is 0 Å². The van der Waals surface area contributed by atoms with E-state index in [9.17, 15) is 0 Å². The number of hydrogen-bond donors (Lipinski definition) is 0. The summed E-state index contributed by atoms with van der Waals surface area (Å²) in [5.41, 5.74) is 0. The maximum Gasteiger partial charge on any atom is 0.0570 e. The molecule has 0 aliphatic heterocycles. The van der Waals surface area contributed by atoms with Crippen LogP contribution in [0.3, 0.4) is 0 Å². The van der Waals surface area contributed by atoms with E-state index in [0.717, 1.165) is 12.5 Å². The molecule has 0 aromatic heterocycles. The second-order valence-corrected chi connectivity index (χ2v) is 4.79. The van der Waals surface area contributed by atoms with Crippen LogP contribution >= 0.6 is 0 Å². The van der Waals surface area contributed by atoms with Crippen LogP contribution in [0.25, 0.3) is 0 Å². The first-order valence-electron chi connectivity index (χ1n) is 5.81. The van der Waals surface area contributed by atoms with Gasteiger partial charge in [0.05, 0.1) is 6.10 Å². The first-order valence-corrected chi connectivity index (χ1v) is 5.81. The highest BCUT2D eigenvalue weighted by Crippen LogP contribution is 2.24. The van der Waals surface area contributed by atoms with E-state index in [1.165, 1.54) is 32.1 Å². The smallest absolute Gasteiger partial charge is 0.0570 e. The normalized spacial score (nSPS) is 22.2. The fraction of sp³-hybridized carbons (Fsp3) is 1.00. The molecule has 1 saturated carbocycles. The van der Waals surface area contributed by atoms with Crippen LogP contribution in [0.15, 0.2) is 0 Å². The Kier molecular flexibility index (Phi) is 4.79. The maximum absolute atomic E-state index is 5.84. The van der Waals surface area contributed by atoms with Gasteiger partial charge in [-0.3, -0.25) is 0 Å². The van der Waals surface area contributed by atoms with Gasteiger partial charge in [-0.05, 0) is 31.6 Å². The molecule has 13 heavy (non-hydrogen) atoms. The minimum absolute atomic E-state index is 0.432. The standard InChI is InChI=1S/C12H24O/c1-10(2)11(3)13-9-12-7-5-4-6-8-12/h10-12H,4-9H2,1-3H3. The molecule has 1 fully saturated rings. The predicted octanol–water partition coefficient (Wildman–Crippen LogP) is 3.63. The Bertz CT molecular complexity index is 125. The van der Waals surface area contributed by atoms with Gasteiger partial charge in [-0.15, -0.1) is 0 Å². The van der Waals surface area contributed by atoms with Crippen molar-refractivity contribution in [3.8, 4) is 0 Å². The fourth-order valence-corrected chi connectivity index (χ4v) is 1.83. The van der Waals surface area contributed by atoms with Crippen LogP contribution < -0.4 is 0 Å². The van der Waals surface area contributed by atoms with Crippen molar-refractivity contribution in [3.63, 3.8) is 0 Å². The molecule has 1 unspecified atom stereocenters. The SMILES string of the molecule is CC(C)C(C)OCC1CCCCC1. The number of hydrogen-bond acceptors (Lipinski definition) is 1. The van der Waals surface area contributed by atoms with E-state index in [2.05, 4.69) is 20.8 Å². The van der Waals surface area contributed by atoms with Gasteiger partial charge in [0, 0.05) is 6.61 Å². The Hall–Kier alpha value is -0.0400. The zero-order valence-electron chi connectivity index (χ0n) is 9.38. The van der Waals surface area contributed by atoms with Crippen LogP contribution in [0.2, 0.25) is 0 Å². The van der Waals surface area contributed by atoms with Gasteiger partial charge in [0.25, 0.3) is 0 Å². The summed E-state index contributed by atoms with van der Waals surface area (Å²) in [6, 6.07) is 0. The fourth-order valence-electron chi connectivity index (χ4n) is 1.83. The predicted molar refractivity (Wildman–Crippen MR) is 56.8 cm³/mol. The van der Waals surface area contributed by atoms with Crippen LogP contribution in [0.1, 0.15) is 52.9 Å².